The lowest BCUT2D eigenvalue weighted by Gasteiger charge is -2.08. The molecule has 4 aromatic rings. The van der Waals surface area contributed by atoms with Crippen LogP contribution in [0.3, 0.4) is 0 Å². The summed E-state index contributed by atoms with van der Waals surface area (Å²) < 4.78 is 0. The minimum absolute atomic E-state index is 0.296. The summed E-state index contributed by atoms with van der Waals surface area (Å²) in [5, 5.41) is 26.7. The van der Waals surface area contributed by atoms with Gasteiger partial charge in [-0.2, -0.15) is 10.5 Å². The average Bonchev–Trinajstić information content (AvgIpc) is 3.32. The first-order valence-corrected chi connectivity index (χ1v) is 7.83. The van der Waals surface area contributed by atoms with Gasteiger partial charge in [0.25, 0.3) is 5.91 Å². The fourth-order valence-corrected chi connectivity index (χ4v) is 2.80. The van der Waals surface area contributed by atoms with Gasteiger partial charge in [-0.3, -0.25) is 4.79 Å². The normalized spacial score (nSPS) is 10.6. The zero-order valence-electron chi connectivity index (χ0n) is 13.7. The summed E-state index contributed by atoms with van der Waals surface area (Å²) >= 11 is 0. The molecule has 8 heteroatoms. The molecule has 2 aromatic carbocycles. The Morgan fingerprint density at radius 3 is 2.85 bits per heavy atom. The Kier molecular flexibility index (Phi) is 3.67. The van der Waals surface area contributed by atoms with Crippen molar-refractivity contribution < 1.29 is 4.79 Å². The number of tetrazole rings is 1. The topological polar surface area (TPSA) is 123 Å². The molecule has 0 bridgehead atoms. The molecule has 0 aliphatic carbocycles. The number of fused-ring (bicyclic) bond motifs is 1. The van der Waals surface area contributed by atoms with Crippen molar-refractivity contribution in [3.05, 3.63) is 59.3 Å². The number of nitrogens with one attached hydrogen (secondary N) is 3. The molecule has 3 N–H and O–H groups in total. The Hall–Kier alpha value is -3.99. The molecule has 0 aliphatic heterocycles. The zero-order valence-corrected chi connectivity index (χ0v) is 13.7. The highest BCUT2D eigenvalue weighted by molar-refractivity contribution is 6.07. The number of aryl methyl sites for hydroxylation is 1. The van der Waals surface area contributed by atoms with E-state index in [4.69, 9.17) is 5.26 Å². The minimum atomic E-state index is -0.296. The maximum atomic E-state index is 12.7. The lowest BCUT2D eigenvalue weighted by atomic mass is 10.1. The van der Waals surface area contributed by atoms with Crippen LogP contribution in [0.2, 0.25) is 0 Å². The van der Waals surface area contributed by atoms with Crippen LogP contribution < -0.4 is 5.32 Å². The smallest absolute Gasteiger partial charge is 0.272 e. The summed E-state index contributed by atoms with van der Waals surface area (Å²) in [4.78, 5) is 15.8. The van der Waals surface area contributed by atoms with Crippen molar-refractivity contribution in [3.63, 3.8) is 0 Å². The van der Waals surface area contributed by atoms with Crippen LogP contribution in [0.25, 0.3) is 22.3 Å². The third-order valence-corrected chi connectivity index (χ3v) is 4.09. The van der Waals surface area contributed by atoms with Gasteiger partial charge in [-0.15, -0.1) is 10.2 Å². The van der Waals surface area contributed by atoms with E-state index >= 15 is 0 Å². The van der Waals surface area contributed by atoms with E-state index < -0.39 is 0 Å². The number of H-pyrrole nitrogens is 2. The van der Waals surface area contributed by atoms with Gasteiger partial charge in [0, 0.05) is 16.5 Å². The van der Waals surface area contributed by atoms with Gasteiger partial charge in [0.05, 0.1) is 17.3 Å². The van der Waals surface area contributed by atoms with E-state index in [1.807, 2.05) is 25.1 Å². The summed E-state index contributed by atoms with van der Waals surface area (Å²) in [6.07, 6.45) is 0. The number of amides is 1. The molecule has 0 saturated heterocycles. The van der Waals surface area contributed by atoms with Gasteiger partial charge < -0.3 is 10.3 Å². The van der Waals surface area contributed by atoms with E-state index in [0.29, 0.717) is 28.3 Å². The number of carbonyl (C=O) groups excluding carboxylic acids is 1. The lowest BCUT2D eigenvalue weighted by Crippen LogP contribution is -2.13. The summed E-state index contributed by atoms with van der Waals surface area (Å²) in [5.74, 6) is -0.0000520. The van der Waals surface area contributed by atoms with Crippen molar-refractivity contribution in [1.82, 2.24) is 25.6 Å². The highest BCUT2D eigenvalue weighted by atomic mass is 16.1. The van der Waals surface area contributed by atoms with Crippen molar-refractivity contribution in [2.45, 2.75) is 6.92 Å². The fourth-order valence-electron chi connectivity index (χ4n) is 2.80. The van der Waals surface area contributed by atoms with Crippen LogP contribution in [0.15, 0.2) is 42.5 Å². The highest BCUT2D eigenvalue weighted by Crippen LogP contribution is 2.27. The number of anilines is 1. The van der Waals surface area contributed by atoms with Crippen LogP contribution in [0, 0.1) is 18.3 Å². The average molecular weight is 343 g/mol. The zero-order chi connectivity index (χ0) is 18.1. The fraction of sp³-hybridized carbons (Fsp3) is 0.0556. The number of carbonyl (C=O) groups is 1. The summed E-state index contributed by atoms with van der Waals surface area (Å²) in [6.45, 7) is 1.98. The van der Waals surface area contributed by atoms with Crippen LogP contribution in [-0.4, -0.2) is 31.5 Å². The van der Waals surface area contributed by atoms with Crippen molar-refractivity contribution in [2.24, 2.45) is 0 Å². The van der Waals surface area contributed by atoms with Crippen LogP contribution in [0.1, 0.15) is 21.6 Å². The molecular formula is C18H13N7O. The number of para-hydroxylation sites is 1. The molecule has 0 radical (unpaired) electrons. The van der Waals surface area contributed by atoms with E-state index in [1.165, 1.54) is 0 Å². The first-order valence-electron chi connectivity index (χ1n) is 7.83. The van der Waals surface area contributed by atoms with Gasteiger partial charge in [0.2, 0.25) is 5.82 Å². The molecule has 0 aliphatic rings. The van der Waals surface area contributed by atoms with Crippen molar-refractivity contribution in [3.8, 4) is 17.5 Å². The number of benzene rings is 2. The number of aromatic nitrogens is 5. The SMILES string of the molecule is Cc1cccc2cc(C(=O)Nc3ccc(C#N)cc3-c3nn[nH]n3)[nH]c12. The predicted molar refractivity (Wildman–Crippen MR) is 95.3 cm³/mol. The Balaban J connectivity index is 1.71. The molecule has 26 heavy (non-hydrogen) atoms. The van der Waals surface area contributed by atoms with Gasteiger partial charge in [-0.1, -0.05) is 18.2 Å². The van der Waals surface area contributed by atoms with Crippen LogP contribution in [0.5, 0.6) is 0 Å². The first kappa shape index (κ1) is 15.5. The van der Waals surface area contributed by atoms with Crippen molar-refractivity contribution >= 4 is 22.5 Å². The maximum absolute atomic E-state index is 12.7. The number of rotatable bonds is 3. The summed E-state index contributed by atoms with van der Waals surface area (Å²) in [6, 6.07) is 14.6. The molecule has 2 aromatic heterocycles. The van der Waals surface area contributed by atoms with E-state index in [-0.39, 0.29) is 5.91 Å². The molecule has 0 unspecified atom stereocenters. The van der Waals surface area contributed by atoms with Crippen LogP contribution >= 0.6 is 0 Å². The molecule has 8 nitrogen and oxygen atoms in total. The molecule has 4 rings (SSSR count). The van der Waals surface area contributed by atoms with Gasteiger partial charge in [-0.25, -0.2) is 0 Å². The number of hydrogen-bond donors (Lipinski definition) is 3. The minimum Gasteiger partial charge on any atom is -0.350 e. The van der Waals surface area contributed by atoms with E-state index in [9.17, 15) is 4.79 Å². The second kappa shape index (κ2) is 6.14. The molecule has 0 atom stereocenters. The Morgan fingerprint density at radius 1 is 1.23 bits per heavy atom. The molecule has 126 valence electrons. The third-order valence-electron chi connectivity index (χ3n) is 4.09. The van der Waals surface area contributed by atoms with Crippen molar-refractivity contribution in [1.29, 1.82) is 5.26 Å². The number of nitrogens with zero attached hydrogens (tertiary/aromatic N) is 4. The van der Waals surface area contributed by atoms with Crippen LogP contribution in [-0.2, 0) is 0 Å². The standard InChI is InChI=1S/C18H13N7O/c1-10-3-2-4-12-8-15(20-16(10)12)18(26)21-14-6-5-11(9-19)7-13(14)17-22-24-25-23-17/h2-8,20H,1H3,(H,21,26)(H,22,23,24,25). The predicted octanol–water partition coefficient (Wildman–Crippen LogP) is 2.78. The van der Waals surface area contributed by atoms with E-state index in [1.54, 1.807) is 24.3 Å². The lowest BCUT2D eigenvalue weighted by molar-refractivity contribution is 0.102. The van der Waals surface area contributed by atoms with Crippen molar-refractivity contribution in [2.75, 3.05) is 5.32 Å². The van der Waals surface area contributed by atoms with Gasteiger partial charge >= 0.3 is 0 Å². The van der Waals surface area contributed by atoms with Gasteiger partial charge in [0.1, 0.15) is 5.69 Å². The molecule has 0 spiro atoms. The summed E-state index contributed by atoms with van der Waals surface area (Å²) in [7, 11) is 0. The Labute approximate surface area is 147 Å². The molecule has 1 amide bonds. The monoisotopic (exact) mass is 343 g/mol. The maximum Gasteiger partial charge on any atom is 0.272 e. The second-order valence-corrected chi connectivity index (χ2v) is 5.78. The third kappa shape index (κ3) is 2.67. The van der Waals surface area contributed by atoms with Crippen LogP contribution in [0.4, 0.5) is 5.69 Å². The van der Waals surface area contributed by atoms with E-state index in [0.717, 1.165) is 16.5 Å². The largest absolute Gasteiger partial charge is 0.350 e. The van der Waals surface area contributed by atoms with Gasteiger partial charge in [0.15, 0.2) is 0 Å². The Morgan fingerprint density at radius 2 is 2.12 bits per heavy atom. The number of hydrogen-bond acceptors (Lipinski definition) is 5. The van der Waals surface area contributed by atoms with E-state index in [2.05, 4.69) is 37.0 Å². The first-order chi connectivity index (χ1) is 12.7. The molecular weight excluding hydrogens is 330 g/mol. The molecule has 0 fully saturated rings. The second-order valence-electron chi connectivity index (χ2n) is 5.78. The van der Waals surface area contributed by atoms with Gasteiger partial charge in [-0.05, 0) is 42.0 Å². The quantitative estimate of drug-likeness (QED) is 0.528. The molecule has 2 heterocycles. The molecule has 0 saturated carbocycles. The number of aromatic amines is 2. The Bertz CT molecular complexity index is 1150. The number of nitriles is 1. The highest BCUT2D eigenvalue weighted by Gasteiger charge is 2.16. The summed E-state index contributed by atoms with van der Waals surface area (Å²) in [5.41, 5.74) is 3.87.